The number of aromatic nitrogens is 2. The average molecular weight is 286 g/mol. The van der Waals surface area contributed by atoms with E-state index in [-0.39, 0.29) is 16.9 Å². The molecule has 1 aromatic rings. The highest BCUT2D eigenvalue weighted by Gasteiger charge is 2.40. The molecule has 0 bridgehead atoms. The Hall–Kier alpha value is -1.11. The number of halogens is 5. The van der Waals surface area contributed by atoms with Gasteiger partial charge in [-0.25, -0.2) is 18.7 Å². The molecule has 18 heavy (non-hydrogen) atoms. The number of anilines is 1. The van der Waals surface area contributed by atoms with Crippen molar-refractivity contribution in [2.24, 2.45) is 0 Å². The molecule has 1 rings (SSSR count). The number of nitrogens with zero attached hydrogens (tertiary/aromatic N) is 2. The molecule has 8 heteroatoms. The summed E-state index contributed by atoms with van der Waals surface area (Å²) in [6, 6.07) is 1.20. The van der Waals surface area contributed by atoms with Crippen LogP contribution in [-0.2, 0) is 0 Å². The van der Waals surface area contributed by atoms with Crippen LogP contribution in [0.4, 0.5) is 23.4 Å². The minimum atomic E-state index is -4.12. The second-order valence-corrected chi connectivity index (χ2v) is 4.39. The summed E-state index contributed by atoms with van der Waals surface area (Å²) in [4.78, 5) is 7.80. The molecule has 0 aliphatic rings. The number of hydrogen-bond acceptors (Lipinski definition) is 3. The number of hydrogen-bond donors (Lipinski definition) is 1. The van der Waals surface area contributed by atoms with Gasteiger partial charge in [0.25, 0.3) is 0 Å². The van der Waals surface area contributed by atoms with Crippen molar-refractivity contribution in [3.8, 4) is 0 Å². The summed E-state index contributed by atoms with van der Waals surface area (Å²) in [5, 5.41) is 2.20. The Bertz CT molecular complexity index is 412. The van der Waals surface area contributed by atoms with Gasteiger partial charge in [0, 0.05) is 12.0 Å². The van der Waals surface area contributed by atoms with E-state index in [2.05, 4.69) is 15.3 Å². The normalized spacial score (nSPS) is 12.3. The lowest BCUT2D eigenvalue weighted by molar-refractivity contribution is -0.117. The highest BCUT2D eigenvalue weighted by Crippen LogP contribution is 2.24. The first-order valence-electron chi connectivity index (χ1n) is 5.16. The van der Waals surface area contributed by atoms with Crippen molar-refractivity contribution < 1.29 is 17.6 Å². The van der Waals surface area contributed by atoms with Gasteiger partial charge in [-0.05, 0) is 0 Å². The Labute approximate surface area is 107 Å². The molecule has 1 aromatic heterocycles. The van der Waals surface area contributed by atoms with Crippen LogP contribution < -0.4 is 5.32 Å². The van der Waals surface area contributed by atoms with Gasteiger partial charge in [-0.3, -0.25) is 0 Å². The zero-order chi connectivity index (χ0) is 13.9. The van der Waals surface area contributed by atoms with Crippen molar-refractivity contribution >= 4 is 17.4 Å². The Morgan fingerprint density at radius 1 is 1.33 bits per heavy atom. The zero-order valence-corrected chi connectivity index (χ0v) is 10.5. The predicted octanol–water partition coefficient (Wildman–Crippen LogP) is 3.57. The first kappa shape index (κ1) is 14.9. The third kappa shape index (κ3) is 3.97. The van der Waals surface area contributed by atoms with E-state index in [4.69, 9.17) is 11.6 Å². The fourth-order valence-electron chi connectivity index (χ4n) is 1.07. The van der Waals surface area contributed by atoms with Crippen LogP contribution in [0.1, 0.15) is 25.6 Å². The third-order valence-electron chi connectivity index (χ3n) is 2.05. The zero-order valence-electron chi connectivity index (χ0n) is 9.72. The summed E-state index contributed by atoms with van der Waals surface area (Å²) in [5.41, 5.74) is 0. The molecule has 1 N–H and O–H groups in total. The summed E-state index contributed by atoms with van der Waals surface area (Å²) in [7, 11) is 0. The highest BCUT2D eigenvalue weighted by atomic mass is 35.5. The first-order valence-corrected chi connectivity index (χ1v) is 5.54. The minimum Gasteiger partial charge on any atom is -0.364 e. The van der Waals surface area contributed by atoms with Gasteiger partial charge in [-0.2, -0.15) is 8.78 Å². The van der Waals surface area contributed by atoms with Crippen molar-refractivity contribution in [2.75, 3.05) is 11.9 Å². The molecule has 0 spiro atoms. The number of rotatable bonds is 5. The van der Waals surface area contributed by atoms with E-state index in [0.717, 1.165) is 0 Å². The van der Waals surface area contributed by atoms with Crippen LogP contribution in [0.5, 0.6) is 0 Å². The van der Waals surface area contributed by atoms with Gasteiger partial charge in [-0.15, -0.1) is 0 Å². The molecule has 0 saturated heterocycles. The summed E-state index contributed by atoms with van der Waals surface area (Å²) in [6.07, 6.45) is -3.73. The molecule has 0 aromatic carbocycles. The van der Waals surface area contributed by atoms with Gasteiger partial charge >= 0.3 is 12.3 Å². The van der Waals surface area contributed by atoms with E-state index in [1.807, 2.05) is 0 Å². The predicted molar refractivity (Wildman–Crippen MR) is 60.6 cm³/mol. The molecular weight excluding hydrogens is 274 g/mol. The summed E-state index contributed by atoms with van der Waals surface area (Å²) < 4.78 is 49.3. The lowest BCUT2D eigenvalue weighted by atomic mass is 10.2. The SMILES string of the molecule is CC(C)c1nc(Cl)cc(NCC(F)(F)C(F)F)n1. The lowest BCUT2D eigenvalue weighted by Crippen LogP contribution is -2.35. The average Bonchev–Trinajstić information content (AvgIpc) is 2.25. The molecule has 0 amide bonds. The molecule has 3 nitrogen and oxygen atoms in total. The largest absolute Gasteiger partial charge is 0.364 e. The third-order valence-corrected chi connectivity index (χ3v) is 2.25. The minimum absolute atomic E-state index is 0.000903. The second kappa shape index (κ2) is 5.69. The Kier molecular flexibility index (Phi) is 4.72. The van der Waals surface area contributed by atoms with Crippen molar-refractivity contribution in [1.82, 2.24) is 9.97 Å². The molecule has 0 fully saturated rings. The van der Waals surface area contributed by atoms with Crippen molar-refractivity contribution in [1.29, 1.82) is 0 Å². The van der Waals surface area contributed by atoms with Crippen LogP contribution in [0.15, 0.2) is 6.07 Å². The molecular formula is C10H12ClF4N3. The van der Waals surface area contributed by atoms with Crippen LogP contribution >= 0.6 is 11.6 Å². The van der Waals surface area contributed by atoms with E-state index < -0.39 is 18.9 Å². The summed E-state index contributed by atoms with van der Waals surface area (Å²) in [5.74, 6) is -3.82. The number of nitrogens with one attached hydrogen (secondary N) is 1. The van der Waals surface area contributed by atoms with Crippen LogP contribution in [0.25, 0.3) is 0 Å². The lowest BCUT2D eigenvalue weighted by Gasteiger charge is -2.16. The standard InChI is InChI=1S/C10H12ClF4N3/c1-5(2)8-17-6(11)3-7(18-8)16-4-10(14,15)9(12)13/h3,5,9H,4H2,1-2H3,(H,16,17,18). The van der Waals surface area contributed by atoms with Gasteiger partial charge < -0.3 is 5.32 Å². The van der Waals surface area contributed by atoms with Crippen molar-refractivity contribution in [3.05, 3.63) is 17.0 Å². The van der Waals surface area contributed by atoms with E-state index in [1.54, 1.807) is 13.8 Å². The monoisotopic (exact) mass is 285 g/mol. The number of alkyl halides is 4. The van der Waals surface area contributed by atoms with Crippen molar-refractivity contribution in [2.45, 2.75) is 32.1 Å². The second-order valence-electron chi connectivity index (χ2n) is 4.00. The van der Waals surface area contributed by atoms with E-state index >= 15 is 0 Å². The Morgan fingerprint density at radius 3 is 2.44 bits per heavy atom. The topological polar surface area (TPSA) is 37.8 Å². The van der Waals surface area contributed by atoms with Gasteiger partial charge in [-0.1, -0.05) is 25.4 Å². The van der Waals surface area contributed by atoms with E-state index in [9.17, 15) is 17.6 Å². The molecule has 0 saturated carbocycles. The molecule has 0 aliphatic carbocycles. The maximum Gasteiger partial charge on any atom is 0.324 e. The van der Waals surface area contributed by atoms with Crippen LogP contribution in [0, 0.1) is 0 Å². The summed E-state index contributed by atoms with van der Waals surface area (Å²) >= 11 is 5.68. The fourth-order valence-corrected chi connectivity index (χ4v) is 1.26. The first-order chi connectivity index (χ1) is 8.22. The van der Waals surface area contributed by atoms with Crippen LogP contribution in [-0.4, -0.2) is 28.9 Å². The maximum atomic E-state index is 12.7. The molecule has 102 valence electrons. The van der Waals surface area contributed by atoms with Crippen LogP contribution in [0.2, 0.25) is 5.15 Å². The smallest absolute Gasteiger partial charge is 0.324 e. The van der Waals surface area contributed by atoms with Gasteiger partial charge in [0.15, 0.2) is 0 Å². The molecule has 1 heterocycles. The molecule has 0 atom stereocenters. The van der Waals surface area contributed by atoms with Gasteiger partial charge in [0.2, 0.25) is 0 Å². The Balaban J connectivity index is 2.79. The maximum absolute atomic E-state index is 12.7. The van der Waals surface area contributed by atoms with Crippen LogP contribution in [0.3, 0.4) is 0 Å². The molecule has 0 unspecified atom stereocenters. The molecule has 0 aliphatic heterocycles. The quantitative estimate of drug-likeness (QED) is 0.664. The summed E-state index contributed by atoms with van der Waals surface area (Å²) in [6.45, 7) is 2.38. The van der Waals surface area contributed by atoms with E-state index in [1.165, 1.54) is 6.07 Å². The molecule has 0 radical (unpaired) electrons. The van der Waals surface area contributed by atoms with Gasteiger partial charge in [0.1, 0.15) is 16.8 Å². The highest BCUT2D eigenvalue weighted by molar-refractivity contribution is 6.29. The Morgan fingerprint density at radius 2 is 1.94 bits per heavy atom. The fraction of sp³-hybridized carbons (Fsp3) is 0.600. The van der Waals surface area contributed by atoms with E-state index in [0.29, 0.717) is 5.82 Å². The van der Waals surface area contributed by atoms with Gasteiger partial charge in [0.05, 0.1) is 6.54 Å². The van der Waals surface area contributed by atoms with Crippen molar-refractivity contribution in [3.63, 3.8) is 0 Å².